The highest BCUT2D eigenvalue weighted by atomic mass is 35.5. The van der Waals surface area contributed by atoms with Gasteiger partial charge < -0.3 is 10.0 Å². The summed E-state index contributed by atoms with van der Waals surface area (Å²) in [5, 5.41) is 9.24. The Morgan fingerprint density at radius 3 is 2.26 bits per heavy atom. The number of anilines is 1. The van der Waals surface area contributed by atoms with E-state index in [-0.39, 0.29) is 10.6 Å². The van der Waals surface area contributed by atoms with Crippen molar-refractivity contribution in [1.82, 2.24) is 0 Å². The van der Waals surface area contributed by atoms with E-state index < -0.39 is 5.97 Å². The summed E-state index contributed by atoms with van der Waals surface area (Å²) in [7, 11) is 0. The van der Waals surface area contributed by atoms with Gasteiger partial charge in [0.15, 0.2) is 0 Å². The maximum absolute atomic E-state index is 10.9. The third-order valence-corrected chi connectivity index (χ3v) is 3.70. The van der Waals surface area contributed by atoms with Crippen molar-refractivity contribution in [2.24, 2.45) is 0 Å². The van der Waals surface area contributed by atoms with Crippen molar-refractivity contribution in [3.05, 3.63) is 64.2 Å². The Bertz CT molecular complexity index is 629. The van der Waals surface area contributed by atoms with Crippen molar-refractivity contribution in [3.8, 4) is 0 Å². The van der Waals surface area contributed by atoms with Crippen LogP contribution in [-0.2, 0) is 13.1 Å². The SMILES string of the molecule is O=C(O)c1ccc(N2Cc3ccccc3C2)cc1Cl. The largest absolute Gasteiger partial charge is 0.478 e. The fraction of sp³-hybridized carbons (Fsp3) is 0.133. The number of hydrogen-bond acceptors (Lipinski definition) is 2. The number of carboxylic acids is 1. The van der Waals surface area contributed by atoms with Crippen molar-refractivity contribution in [1.29, 1.82) is 0 Å². The molecule has 0 aromatic heterocycles. The molecular weight excluding hydrogens is 262 g/mol. The van der Waals surface area contributed by atoms with Crippen LogP contribution in [0.1, 0.15) is 21.5 Å². The molecule has 1 heterocycles. The van der Waals surface area contributed by atoms with Gasteiger partial charge in [-0.3, -0.25) is 0 Å². The minimum Gasteiger partial charge on any atom is -0.478 e. The number of nitrogens with zero attached hydrogens (tertiary/aromatic N) is 1. The van der Waals surface area contributed by atoms with Crippen LogP contribution in [0.15, 0.2) is 42.5 Å². The summed E-state index contributed by atoms with van der Waals surface area (Å²) in [4.78, 5) is 13.1. The van der Waals surface area contributed by atoms with E-state index in [0.717, 1.165) is 18.8 Å². The van der Waals surface area contributed by atoms with Gasteiger partial charge in [-0.25, -0.2) is 4.79 Å². The zero-order valence-electron chi connectivity index (χ0n) is 10.1. The number of hydrogen-bond donors (Lipinski definition) is 1. The molecule has 3 nitrogen and oxygen atoms in total. The second-order valence-corrected chi connectivity index (χ2v) is 5.00. The van der Waals surface area contributed by atoms with Gasteiger partial charge in [-0.05, 0) is 29.3 Å². The molecule has 1 N–H and O–H groups in total. The van der Waals surface area contributed by atoms with E-state index >= 15 is 0 Å². The zero-order chi connectivity index (χ0) is 13.4. The fourth-order valence-electron chi connectivity index (χ4n) is 2.39. The zero-order valence-corrected chi connectivity index (χ0v) is 10.9. The molecule has 3 rings (SSSR count). The van der Waals surface area contributed by atoms with E-state index in [1.165, 1.54) is 11.1 Å². The van der Waals surface area contributed by atoms with Crippen molar-refractivity contribution in [2.75, 3.05) is 4.90 Å². The first-order chi connectivity index (χ1) is 9.15. The average molecular weight is 274 g/mol. The lowest BCUT2D eigenvalue weighted by molar-refractivity contribution is 0.0697. The van der Waals surface area contributed by atoms with Gasteiger partial charge in [0.05, 0.1) is 10.6 Å². The molecule has 4 heteroatoms. The summed E-state index contributed by atoms with van der Waals surface area (Å²) in [5.41, 5.74) is 3.70. The molecule has 0 saturated carbocycles. The summed E-state index contributed by atoms with van der Waals surface area (Å²) in [6, 6.07) is 13.4. The van der Waals surface area contributed by atoms with Gasteiger partial charge >= 0.3 is 5.97 Å². The molecule has 0 fully saturated rings. The van der Waals surface area contributed by atoms with Crippen molar-refractivity contribution in [3.63, 3.8) is 0 Å². The summed E-state index contributed by atoms with van der Waals surface area (Å²) in [6.07, 6.45) is 0. The van der Waals surface area contributed by atoms with Gasteiger partial charge in [0.2, 0.25) is 0 Å². The van der Waals surface area contributed by atoms with Gasteiger partial charge in [0.1, 0.15) is 0 Å². The Balaban J connectivity index is 1.90. The topological polar surface area (TPSA) is 40.5 Å². The van der Waals surface area contributed by atoms with E-state index in [2.05, 4.69) is 17.0 Å². The van der Waals surface area contributed by atoms with Crippen LogP contribution < -0.4 is 4.90 Å². The quantitative estimate of drug-likeness (QED) is 0.909. The Hall–Kier alpha value is -2.00. The number of benzene rings is 2. The molecule has 1 aliphatic rings. The lowest BCUT2D eigenvalue weighted by Gasteiger charge is -2.18. The minimum absolute atomic E-state index is 0.141. The van der Waals surface area contributed by atoms with Crippen molar-refractivity contribution in [2.45, 2.75) is 13.1 Å². The highest BCUT2D eigenvalue weighted by molar-refractivity contribution is 6.33. The Kier molecular flexibility index (Phi) is 2.91. The molecule has 0 aliphatic carbocycles. The molecule has 19 heavy (non-hydrogen) atoms. The predicted octanol–water partition coefficient (Wildman–Crippen LogP) is 3.56. The summed E-state index contributed by atoms with van der Waals surface area (Å²) in [6.45, 7) is 1.66. The summed E-state index contributed by atoms with van der Waals surface area (Å²) in [5.74, 6) is -0.999. The fourth-order valence-corrected chi connectivity index (χ4v) is 2.65. The van der Waals surface area contributed by atoms with E-state index in [4.69, 9.17) is 16.7 Å². The number of rotatable bonds is 2. The van der Waals surface area contributed by atoms with Gasteiger partial charge in [-0.15, -0.1) is 0 Å². The van der Waals surface area contributed by atoms with E-state index in [1.54, 1.807) is 18.2 Å². The lowest BCUT2D eigenvalue weighted by atomic mass is 10.1. The second kappa shape index (κ2) is 4.59. The minimum atomic E-state index is -0.999. The molecule has 0 radical (unpaired) electrons. The smallest absolute Gasteiger partial charge is 0.337 e. The van der Waals surface area contributed by atoms with Crippen LogP contribution in [0.4, 0.5) is 5.69 Å². The Labute approximate surface area is 116 Å². The van der Waals surface area contributed by atoms with Gasteiger partial charge in [-0.2, -0.15) is 0 Å². The molecule has 96 valence electrons. The lowest BCUT2D eigenvalue weighted by Crippen LogP contribution is -2.14. The highest BCUT2D eigenvalue weighted by Crippen LogP contribution is 2.30. The second-order valence-electron chi connectivity index (χ2n) is 4.59. The first-order valence-electron chi connectivity index (χ1n) is 6.00. The standard InChI is InChI=1S/C15H12ClNO2/c16-14-7-12(5-6-13(14)15(18)19)17-8-10-3-1-2-4-11(10)9-17/h1-7H,8-9H2,(H,18,19). The van der Waals surface area contributed by atoms with E-state index in [0.29, 0.717) is 0 Å². The number of carboxylic acid groups (broad SMARTS) is 1. The van der Waals surface area contributed by atoms with Gasteiger partial charge in [-0.1, -0.05) is 35.9 Å². The van der Waals surface area contributed by atoms with Crippen molar-refractivity contribution >= 4 is 23.3 Å². The molecule has 2 aromatic rings. The number of aromatic carboxylic acids is 1. The Morgan fingerprint density at radius 2 is 1.74 bits per heavy atom. The number of carbonyl (C=O) groups is 1. The van der Waals surface area contributed by atoms with Crippen LogP contribution in [0.5, 0.6) is 0 Å². The Morgan fingerprint density at radius 1 is 1.11 bits per heavy atom. The highest BCUT2D eigenvalue weighted by Gasteiger charge is 2.19. The monoisotopic (exact) mass is 273 g/mol. The number of fused-ring (bicyclic) bond motifs is 1. The van der Waals surface area contributed by atoms with Crippen LogP contribution in [0.3, 0.4) is 0 Å². The van der Waals surface area contributed by atoms with E-state index in [9.17, 15) is 4.79 Å². The predicted molar refractivity (Wildman–Crippen MR) is 74.7 cm³/mol. The third kappa shape index (κ3) is 2.17. The summed E-state index contributed by atoms with van der Waals surface area (Å²) >= 11 is 6.01. The van der Waals surface area contributed by atoms with Gasteiger partial charge in [0.25, 0.3) is 0 Å². The number of halogens is 1. The molecule has 0 saturated heterocycles. The van der Waals surface area contributed by atoms with Crippen molar-refractivity contribution < 1.29 is 9.90 Å². The average Bonchev–Trinajstić information content (AvgIpc) is 2.81. The van der Waals surface area contributed by atoms with Crippen LogP contribution >= 0.6 is 11.6 Å². The maximum Gasteiger partial charge on any atom is 0.337 e. The molecule has 0 amide bonds. The van der Waals surface area contributed by atoms with Gasteiger partial charge in [0, 0.05) is 18.8 Å². The molecule has 0 atom stereocenters. The first-order valence-corrected chi connectivity index (χ1v) is 6.37. The molecule has 0 bridgehead atoms. The summed E-state index contributed by atoms with van der Waals surface area (Å²) < 4.78 is 0. The molecular formula is C15H12ClNO2. The van der Waals surface area contributed by atoms with E-state index in [1.807, 2.05) is 12.1 Å². The van der Waals surface area contributed by atoms with Crippen LogP contribution in [-0.4, -0.2) is 11.1 Å². The third-order valence-electron chi connectivity index (χ3n) is 3.39. The molecule has 1 aliphatic heterocycles. The normalized spacial score (nSPS) is 13.4. The maximum atomic E-state index is 10.9. The molecule has 0 unspecified atom stereocenters. The van der Waals surface area contributed by atoms with Crippen LogP contribution in [0.2, 0.25) is 5.02 Å². The van der Waals surface area contributed by atoms with Crippen LogP contribution in [0.25, 0.3) is 0 Å². The molecule has 2 aromatic carbocycles. The first kappa shape index (κ1) is 12.1. The molecule has 0 spiro atoms. The van der Waals surface area contributed by atoms with Crippen LogP contribution in [0, 0.1) is 0 Å².